The fourth-order valence-corrected chi connectivity index (χ4v) is 2.25. The molecule has 1 fully saturated rings. The summed E-state index contributed by atoms with van der Waals surface area (Å²) >= 11 is 0. The lowest BCUT2D eigenvalue weighted by atomic mass is 10.00. The van der Waals surface area contributed by atoms with Gasteiger partial charge in [0.05, 0.1) is 12.7 Å². The van der Waals surface area contributed by atoms with Crippen LogP contribution in [0.1, 0.15) is 18.0 Å². The van der Waals surface area contributed by atoms with Gasteiger partial charge in [0.15, 0.2) is 0 Å². The molecule has 0 spiro atoms. The minimum atomic E-state index is 0.310. The zero-order valence-corrected chi connectivity index (χ0v) is 10.6. The van der Waals surface area contributed by atoms with Gasteiger partial charge in [-0.3, -0.25) is 4.98 Å². The van der Waals surface area contributed by atoms with Gasteiger partial charge in [0.2, 0.25) is 0 Å². The van der Waals surface area contributed by atoms with Crippen molar-refractivity contribution in [3.63, 3.8) is 0 Å². The van der Waals surface area contributed by atoms with Crippen LogP contribution >= 0.6 is 0 Å². The summed E-state index contributed by atoms with van der Waals surface area (Å²) in [5.41, 5.74) is 1.30. The number of pyridine rings is 1. The largest absolute Gasteiger partial charge is 0.376 e. The predicted molar refractivity (Wildman–Crippen MR) is 67.9 cm³/mol. The molecule has 1 N–H and O–H groups in total. The number of hydrogen-bond donors (Lipinski definition) is 1. The predicted octanol–water partition coefficient (Wildman–Crippen LogP) is 1.06. The summed E-state index contributed by atoms with van der Waals surface area (Å²) < 4.78 is 5.78. The first-order chi connectivity index (χ1) is 8.27. The summed E-state index contributed by atoms with van der Waals surface area (Å²) in [6, 6.07) is 4.56. The molecule has 2 rings (SSSR count). The lowest BCUT2D eigenvalue weighted by Gasteiger charge is -2.31. The molecular formula is C13H21N3O. The Bertz CT molecular complexity index is 323. The second-order valence-electron chi connectivity index (χ2n) is 4.69. The van der Waals surface area contributed by atoms with Gasteiger partial charge >= 0.3 is 0 Å². The fraction of sp³-hybridized carbons (Fsp3) is 0.615. The minimum absolute atomic E-state index is 0.310. The van der Waals surface area contributed by atoms with Gasteiger partial charge < -0.3 is 15.0 Å². The van der Waals surface area contributed by atoms with E-state index < -0.39 is 0 Å². The van der Waals surface area contributed by atoms with Gasteiger partial charge in [-0.1, -0.05) is 0 Å². The number of rotatable bonds is 4. The standard InChI is InChI=1S/C13H21N3O/c1-16(2)13(11-3-5-14-6-4-11)9-12-10-15-7-8-17-12/h3-6,12-13,15H,7-10H2,1-2H3. The topological polar surface area (TPSA) is 37.4 Å². The van der Waals surface area contributed by atoms with Crippen LogP contribution in [0.15, 0.2) is 24.5 Å². The maximum atomic E-state index is 5.78. The van der Waals surface area contributed by atoms with Gasteiger partial charge in [-0.2, -0.15) is 0 Å². The normalized spacial score (nSPS) is 22.6. The third-order valence-corrected chi connectivity index (χ3v) is 3.20. The van der Waals surface area contributed by atoms with E-state index in [1.165, 1.54) is 5.56 Å². The van der Waals surface area contributed by atoms with E-state index in [0.717, 1.165) is 26.1 Å². The first kappa shape index (κ1) is 12.5. The van der Waals surface area contributed by atoms with Crippen LogP contribution in [0.25, 0.3) is 0 Å². The zero-order chi connectivity index (χ0) is 12.1. The Hall–Kier alpha value is -0.970. The van der Waals surface area contributed by atoms with Gasteiger partial charge in [0.25, 0.3) is 0 Å². The van der Waals surface area contributed by atoms with Crippen molar-refractivity contribution in [2.24, 2.45) is 0 Å². The van der Waals surface area contributed by atoms with Gasteiger partial charge in [-0.15, -0.1) is 0 Å². The van der Waals surface area contributed by atoms with E-state index in [2.05, 4.69) is 41.4 Å². The van der Waals surface area contributed by atoms with Crippen LogP contribution in [0.5, 0.6) is 0 Å². The molecular weight excluding hydrogens is 214 g/mol. The SMILES string of the molecule is CN(C)C(CC1CNCCO1)c1ccncc1. The van der Waals surface area contributed by atoms with E-state index in [4.69, 9.17) is 4.74 Å². The smallest absolute Gasteiger partial charge is 0.0718 e. The number of morpholine rings is 1. The molecule has 0 aromatic carbocycles. The van der Waals surface area contributed by atoms with Crippen molar-refractivity contribution >= 4 is 0 Å². The summed E-state index contributed by atoms with van der Waals surface area (Å²) in [6.45, 7) is 2.75. The molecule has 2 unspecified atom stereocenters. The van der Waals surface area contributed by atoms with Gasteiger partial charge in [0.1, 0.15) is 0 Å². The third-order valence-electron chi connectivity index (χ3n) is 3.20. The molecule has 1 aromatic heterocycles. The summed E-state index contributed by atoms with van der Waals surface area (Å²) in [7, 11) is 4.22. The highest BCUT2D eigenvalue weighted by molar-refractivity contribution is 5.15. The van der Waals surface area contributed by atoms with Crippen LogP contribution in [-0.2, 0) is 4.74 Å². The quantitative estimate of drug-likeness (QED) is 0.847. The lowest BCUT2D eigenvalue weighted by Crippen LogP contribution is -2.40. The molecule has 1 aliphatic heterocycles. The van der Waals surface area contributed by atoms with Crippen LogP contribution in [0.2, 0.25) is 0 Å². The summed E-state index contributed by atoms with van der Waals surface area (Å²) in [6.07, 6.45) is 5.03. The molecule has 0 bridgehead atoms. The number of nitrogens with zero attached hydrogens (tertiary/aromatic N) is 2. The van der Waals surface area contributed by atoms with Crippen molar-refractivity contribution in [3.05, 3.63) is 30.1 Å². The van der Waals surface area contributed by atoms with Crippen molar-refractivity contribution in [1.82, 2.24) is 15.2 Å². The maximum Gasteiger partial charge on any atom is 0.0718 e. The maximum absolute atomic E-state index is 5.78. The second kappa shape index (κ2) is 6.10. The van der Waals surface area contributed by atoms with Crippen LogP contribution < -0.4 is 5.32 Å². The first-order valence-corrected chi connectivity index (χ1v) is 6.16. The molecule has 17 heavy (non-hydrogen) atoms. The first-order valence-electron chi connectivity index (χ1n) is 6.16. The van der Waals surface area contributed by atoms with Crippen molar-refractivity contribution in [3.8, 4) is 0 Å². The lowest BCUT2D eigenvalue weighted by molar-refractivity contribution is 0.00893. The number of aromatic nitrogens is 1. The average Bonchev–Trinajstić information content (AvgIpc) is 2.38. The Morgan fingerprint density at radius 2 is 2.24 bits per heavy atom. The fourth-order valence-electron chi connectivity index (χ4n) is 2.25. The Balaban J connectivity index is 2.02. The van der Waals surface area contributed by atoms with Crippen LogP contribution in [0.3, 0.4) is 0 Å². The van der Waals surface area contributed by atoms with E-state index in [9.17, 15) is 0 Å². The van der Waals surface area contributed by atoms with Crippen LogP contribution in [0.4, 0.5) is 0 Å². The van der Waals surface area contributed by atoms with Crippen molar-refractivity contribution in [1.29, 1.82) is 0 Å². The molecule has 0 aliphatic carbocycles. The number of nitrogens with one attached hydrogen (secondary N) is 1. The van der Waals surface area contributed by atoms with Gasteiger partial charge in [-0.25, -0.2) is 0 Å². The monoisotopic (exact) mass is 235 g/mol. The van der Waals surface area contributed by atoms with E-state index >= 15 is 0 Å². The summed E-state index contributed by atoms with van der Waals surface area (Å²) in [5, 5.41) is 3.37. The van der Waals surface area contributed by atoms with E-state index in [1.807, 2.05) is 12.4 Å². The average molecular weight is 235 g/mol. The molecule has 0 saturated carbocycles. The van der Waals surface area contributed by atoms with Crippen molar-refractivity contribution < 1.29 is 4.74 Å². The molecule has 1 aromatic rings. The van der Waals surface area contributed by atoms with Crippen LogP contribution in [0, 0.1) is 0 Å². The summed E-state index contributed by atoms with van der Waals surface area (Å²) in [4.78, 5) is 6.32. The molecule has 1 aliphatic rings. The van der Waals surface area contributed by atoms with Crippen LogP contribution in [-0.4, -0.2) is 49.8 Å². The second-order valence-corrected chi connectivity index (χ2v) is 4.69. The number of ether oxygens (including phenoxy) is 1. The van der Waals surface area contributed by atoms with E-state index in [1.54, 1.807) is 0 Å². The molecule has 4 heteroatoms. The highest BCUT2D eigenvalue weighted by atomic mass is 16.5. The Kier molecular flexibility index (Phi) is 4.48. The summed E-state index contributed by atoms with van der Waals surface area (Å²) in [5.74, 6) is 0. The molecule has 0 radical (unpaired) electrons. The van der Waals surface area contributed by atoms with Crippen molar-refractivity contribution in [2.75, 3.05) is 33.8 Å². The highest BCUT2D eigenvalue weighted by Gasteiger charge is 2.21. The molecule has 1 saturated heterocycles. The number of hydrogen-bond acceptors (Lipinski definition) is 4. The third kappa shape index (κ3) is 3.49. The molecule has 2 atom stereocenters. The van der Waals surface area contributed by atoms with E-state index in [0.29, 0.717) is 12.1 Å². The highest BCUT2D eigenvalue weighted by Crippen LogP contribution is 2.24. The zero-order valence-electron chi connectivity index (χ0n) is 10.6. The molecule has 94 valence electrons. The minimum Gasteiger partial charge on any atom is -0.376 e. The molecule has 4 nitrogen and oxygen atoms in total. The molecule has 0 amide bonds. The Labute approximate surface area is 103 Å². The van der Waals surface area contributed by atoms with Crippen molar-refractivity contribution in [2.45, 2.75) is 18.6 Å². The Morgan fingerprint density at radius 3 is 2.82 bits per heavy atom. The molecule has 2 heterocycles. The van der Waals surface area contributed by atoms with E-state index in [-0.39, 0.29) is 0 Å². The Morgan fingerprint density at radius 1 is 1.47 bits per heavy atom. The van der Waals surface area contributed by atoms with Gasteiger partial charge in [-0.05, 0) is 38.2 Å². The van der Waals surface area contributed by atoms with Gasteiger partial charge in [0, 0.05) is 31.5 Å².